The molecule has 0 aliphatic heterocycles. The highest BCUT2D eigenvalue weighted by molar-refractivity contribution is 8.13. The number of hydrogen-bond donors (Lipinski definition) is 0. The molecule has 0 spiro atoms. The molecule has 0 radical (unpaired) electrons. The van der Waals surface area contributed by atoms with Crippen LogP contribution in [-0.2, 0) is 4.74 Å². The van der Waals surface area contributed by atoms with Crippen molar-refractivity contribution in [1.29, 1.82) is 0 Å². The van der Waals surface area contributed by atoms with Gasteiger partial charge in [-0.05, 0) is 30.0 Å². The van der Waals surface area contributed by atoms with Crippen LogP contribution in [0.5, 0.6) is 0 Å². The molecule has 0 unspecified atom stereocenters. The zero-order chi connectivity index (χ0) is 12.1. The second kappa shape index (κ2) is 6.13. The average Bonchev–Trinajstić information content (AvgIpc) is 2.25. The van der Waals surface area contributed by atoms with E-state index in [0.717, 1.165) is 11.8 Å². The van der Waals surface area contributed by atoms with E-state index in [2.05, 4.69) is 4.74 Å². The van der Waals surface area contributed by atoms with Gasteiger partial charge in [-0.3, -0.25) is 4.79 Å². The van der Waals surface area contributed by atoms with Crippen LogP contribution in [0, 0.1) is 0 Å². The molecule has 0 saturated carbocycles. The van der Waals surface area contributed by atoms with Crippen molar-refractivity contribution in [3.63, 3.8) is 0 Å². The van der Waals surface area contributed by atoms with E-state index in [1.54, 1.807) is 6.07 Å². The van der Waals surface area contributed by atoms with Crippen LogP contribution in [0.25, 0.3) is 0 Å². The standard InChI is InChI=1S/C10H8Cl2O3S/c1-15-10(14)16-5-9(13)7-3-2-6(11)4-8(7)12/h2-4H,5H2,1H3. The molecule has 0 aliphatic carbocycles. The molecule has 0 aromatic heterocycles. The normalized spacial score (nSPS) is 9.94. The Hall–Kier alpha value is -0.710. The predicted molar refractivity (Wildman–Crippen MR) is 65.7 cm³/mol. The molecule has 3 nitrogen and oxygen atoms in total. The summed E-state index contributed by atoms with van der Waals surface area (Å²) in [4.78, 5) is 22.5. The van der Waals surface area contributed by atoms with E-state index in [1.807, 2.05) is 0 Å². The number of methoxy groups -OCH3 is 1. The third-order valence-electron chi connectivity index (χ3n) is 1.72. The van der Waals surface area contributed by atoms with Gasteiger partial charge in [0.1, 0.15) is 0 Å². The first-order valence-corrected chi connectivity index (χ1v) is 5.97. The van der Waals surface area contributed by atoms with Gasteiger partial charge in [0.05, 0.1) is 17.9 Å². The molecule has 0 atom stereocenters. The Kier molecular flexibility index (Phi) is 5.12. The van der Waals surface area contributed by atoms with Crippen LogP contribution >= 0.6 is 35.0 Å². The molecule has 0 fully saturated rings. The number of ether oxygens (including phenoxy) is 1. The SMILES string of the molecule is COC(=O)SCC(=O)c1ccc(Cl)cc1Cl. The maximum Gasteiger partial charge on any atom is 0.367 e. The number of halogens is 2. The van der Waals surface area contributed by atoms with Gasteiger partial charge in [0.25, 0.3) is 0 Å². The van der Waals surface area contributed by atoms with Crippen LogP contribution in [0.2, 0.25) is 10.0 Å². The lowest BCUT2D eigenvalue weighted by molar-refractivity contribution is 0.102. The van der Waals surface area contributed by atoms with Gasteiger partial charge in [-0.25, -0.2) is 4.79 Å². The van der Waals surface area contributed by atoms with Crippen molar-refractivity contribution in [2.75, 3.05) is 12.9 Å². The van der Waals surface area contributed by atoms with Crippen molar-refractivity contribution in [2.24, 2.45) is 0 Å². The maximum absolute atomic E-state index is 11.6. The van der Waals surface area contributed by atoms with Gasteiger partial charge in [-0.1, -0.05) is 23.2 Å². The van der Waals surface area contributed by atoms with Crippen molar-refractivity contribution in [3.8, 4) is 0 Å². The smallest absolute Gasteiger partial charge is 0.367 e. The summed E-state index contributed by atoms with van der Waals surface area (Å²) >= 11 is 12.3. The number of ketones is 1. The minimum atomic E-state index is -0.501. The Morgan fingerprint density at radius 2 is 2.06 bits per heavy atom. The van der Waals surface area contributed by atoms with E-state index >= 15 is 0 Å². The lowest BCUT2D eigenvalue weighted by atomic mass is 10.1. The fraction of sp³-hybridized carbons (Fsp3) is 0.200. The van der Waals surface area contributed by atoms with Crippen molar-refractivity contribution < 1.29 is 14.3 Å². The van der Waals surface area contributed by atoms with Crippen LogP contribution in [0.3, 0.4) is 0 Å². The van der Waals surface area contributed by atoms with Gasteiger partial charge in [0.2, 0.25) is 0 Å². The number of Topliss-reactive ketones (excluding diaryl/α,β-unsaturated/α-hetero) is 1. The molecular weight excluding hydrogens is 271 g/mol. The fourth-order valence-corrected chi connectivity index (χ4v) is 2.01. The lowest BCUT2D eigenvalue weighted by Crippen LogP contribution is -2.06. The monoisotopic (exact) mass is 278 g/mol. The fourth-order valence-electron chi connectivity index (χ4n) is 0.977. The number of rotatable bonds is 3. The number of hydrogen-bond acceptors (Lipinski definition) is 4. The zero-order valence-electron chi connectivity index (χ0n) is 8.33. The molecule has 0 N–H and O–H groups in total. The van der Waals surface area contributed by atoms with E-state index in [1.165, 1.54) is 19.2 Å². The molecule has 6 heteroatoms. The molecule has 1 rings (SSSR count). The molecule has 0 bridgehead atoms. The van der Waals surface area contributed by atoms with Gasteiger partial charge in [0.15, 0.2) is 5.78 Å². The maximum atomic E-state index is 11.6. The first-order chi connectivity index (χ1) is 7.54. The molecule has 86 valence electrons. The number of carbonyl (C=O) groups is 2. The van der Waals surface area contributed by atoms with E-state index in [0.29, 0.717) is 10.6 Å². The largest absolute Gasteiger partial charge is 0.461 e. The van der Waals surface area contributed by atoms with E-state index in [9.17, 15) is 9.59 Å². The minimum Gasteiger partial charge on any atom is -0.461 e. The zero-order valence-corrected chi connectivity index (χ0v) is 10.7. The van der Waals surface area contributed by atoms with Crippen molar-refractivity contribution in [1.82, 2.24) is 0 Å². The molecular formula is C10H8Cl2O3S. The summed E-state index contributed by atoms with van der Waals surface area (Å²) in [5.74, 6) is -0.245. The Balaban J connectivity index is 2.70. The second-order valence-electron chi connectivity index (χ2n) is 2.79. The Morgan fingerprint density at radius 3 is 2.62 bits per heavy atom. The van der Waals surface area contributed by atoms with E-state index < -0.39 is 5.30 Å². The summed E-state index contributed by atoms with van der Waals surface area (Å²) in [6.07, 6.45) is 0. The van der Waals surface area contributed by atoms with E-state index in [4.69, 9.17) is 23.2 Å². The summed E-state index contributed by atoms with van der Waals surface area (Å²) in [5.41, 5.74) is 0.350. The van der Waals surface area contributed by atoms with Crippen LogP contribution in [0.15, 0.2) is 18.2 Å². The minimum absolute atomic E-state index is 0.00593. The Morgan fingerprint density at radius 1 is 1.38 bits per heavy atom. The second-order valence-corrected chi connectivity index (χ2v) is 4.54. The summed E-state index contributed by atoms with van der Waals surface area (Å²) in [7, 11) is 1.26. The summed E-state index contributed by atoms with van der Waals surface area (Å²) in [6, 6.07) is 4.59. The van der Waals surface area contributed by atoms with Crippen molar-refractivity contribution in [3.05, 3.63) is 33.8 Å². The average molecular weight is 279 g/mol. The van der Waals surface area contributed by atoms with Crippen LogP contribution < -0.4 is 0 Å². The third kappa shape index (κ3) is 3.70. The Bertz CT molecular complexity index is 421. The number of thioether (sulfide) groups is 1. The number of carbonyl (C=O) groups excluding carboxylic acids is 2. The van der Waals surface area contributed by atoms with Gasteiger partial charge >= 0.3 is 5.30 Å². The third-order valence-corrected chi connectivity index (χ3v) is 3.08. The molecule has 0 aliphatic rings. The summed E-state index contributed by atoms with van der Waals surface area (Å²) < 4.78 is 4.40. The predicted octanol–water partition coefficient (Wildman–Crippen LogP) is 3.68. The number of benzene rings is 1. The molecule has 0 heterocycles. The first-order valence-electron chi connectivity index (χ1n) is 4.23. The van der Waals surface area contributed by atoms with Gasteiger partial charge in [-0.2, -0.15) is 0 Å². The van der Waals surface area contributed by atoms with Crippen LogP contribution in [0.1, 0.15) is 10.4 Å². The van der Waals surface area contributed by atoms with Gasteiger partial charge < -0.3 is 4.74 Å². The van der Waals surface area contributed by atoms with Crippen molar-refractivity contribution in [2.45, 2.75) is 0 Å². The molecule has 1 aromatic rings. The van der Waals surface area contributed by atoms with E-state index in [-0.39, 0.29) is 16.6 Å². The molecule has 0 amide bonds. The van der Waals surface area contributed by atoms with Gasteiger partial charge in [0, 0.05) is 10.6 Å². The summed E-state index contributed by atoms with van der Waals surface area (Å²) in [5, 5.41) is 0.239. The lowest BCUT2D eigenvalue weighted by Gasteiger charge is -2.03. The van der Waals surface area contributed by atoms with Crippen molar-refractivity contribution >= 4 is 46.0 Å². The highest BCUT2D eigenvalue weighted by Crippen LogP contribution is 2.22. The highest BCUT2D eigenvalue weighted by atomic mass is 35.5. The molecule has 0 saturated heterocycles. The molecule has 1 aromatic carbocycles. The Labute approximate surface area is 107 Å². The summed E-state index contributed by atoms with van der Waals surface area (Å²) in [6.45, 7) is 0. The molecule has 16 heavy (non-hydrogen) atoms. The van der Waals surface area contributed by atoms with Crippen LogP contribution in [0.4, 0.5) is 4.79 Å². The first kappa shape index (κ1) is 13.4. The topological polar surface area (TPSA) is 43.4 Å². The van der Waals surface area contributed by atoms with Crippen LogP contribution in [-0.4, -0.2) is 23.9 Å². The van der Waals surface area contributed by atoms with Gasteiger partial charge in [-0.15, -0.1) is 0 Å². The highest BCUT2D eigenvalue weighted by Gasteiger charge is 2.13. The quantitative estimate of drug-likeness (QED) is 0.625.